The molecule has 6 heterocycles. The quantitative estimate of drug-likeness (QED) is 0.193. The minimum absolute atomic E-state index is 0.0718. The first-order valence-corrected chi connectivity index (χ1v) is 21.1. The summed E-state index contributed by atoms with van der Waals surface area (Å²) >= 11 is 0. The second kappa shape index (κ2) is 16.0. The van der Waals surface area contributed by atoms with Crippen LogP contribution in [0.5, 0.6) is 0 Å². The van der Waals surface area contributed by atoms with Gasteiger partial charge in [0.05, 0.1) is 34.4 Å². The summed E-state index contributed by atoms with van der Waals surface area (Å²) in [5.41, 5.74) is 5.50. The number of nitrogens with one attached hydrogen (secondary N) is 3. The summed E-state index contributed by atoms with van der Waals surface area (Å²) in [5.74, 6) is -0.585. The van der Waals surface area contributed by atoms with Gasteiger partial charge in [-0.2, -0.15) is 0 Å². The number of nitrogens with zero attached hydrogens (tertiary/aromatic N) is 5. The van der Waals surface area contributed by atoms with E-state index in [4.69, 9.17) is 4.98 Å². The van der Waals surface area contributed by atoms with Crippen molar-refractivity contribution in [1.29, 1.82) is 0 Å². The van der Waals surface area contributed by atoms with Crippen LogP contribution >= 0.6 is 0 Å². The van der Waals surface area contributed by atoms with Crippen LogP contribution in [0.4, 0.5) is 11.4 Å². The van der Waals surface area contributed by atoms with Gasteiger partial charge in [0, 0.05) is 56.3 Å². The lowest BCUT2D eigenvalue weighted by atomic mass is 9.88. The third-order valence-corrected chi connectivity index (χ3v) is 13.2. The number of hydrogen-bond acceptors (Lipinski definition) is 9. The van der Waals surface area contributed by atoms with Crippen molar-refractivity contribution in [2.45, 2.75) is 89.3 Å². The summed E-state index contributed by atoms with van der Waals surface area (Å²) in [7, 11) is 0. The summed E-state index contributed by atoms with van der Waals surface area (Å²) < 4.78 is 0. The highest BCUT2D eigenvalue weighted by atomic mass is 16.2. The molecule has 0 bridgehead atoms. The Morgan fingerprint density at radius 1 is 0.847 bits per heavy atom. The zero-order chi connectivity index (χ0) is 40.8. The summed E-state index contributed by atoms with van der Waals surface area (Å²) in [6.45, 7) is 6.81. The van der Waals surface area contributed by atoms with Crippen molar-refractivity contribution >= 4 is 57.9 Å². The number of carbonyl (C=O) groups is 6. The highest BCUT2D eigenvalue weighted by Crippen LogP contribution is 2.37. The van der Waals surface area contributed by atoms with E-state index in [9.17, 15) is 28.8 Å². The predicted octanol–water partition coefficient (Wildman–Crippen LogP) is 5.21. The molecule has 3 aromatic carbocycles. The number of fused-ring (bicyclic) bond motifs is 2. The first kappa shape index (κ1) is 38.6. The minimum Gasteiger partial charge on any atom is -0.371 e. The van der Waals surface area contributed by atoms with Gasteiger partial charge in [-0.05, 0) is 118 Å². The van der Waals surface area contributed by atoms with Gasteiger partial charge in [0.15, 0.2) is 0 Å². The summed E-state index contributed by atoms with van der Waals surface area (Å²) in [4.78, 5) is 93.6. The Kier molecular flexibility index (Phi) is 10.5. The Morgan fingerprint density at radius 3 is 2.36 bits per heavy atom. The van der Waals surface area contributed by atoms with Gasteiger partial charge in [-0.1, -0.05) is 18.2 Å². The first-order valence-electron chi connectivity index (χ1n) is 21.1. The fraction of sp³-hybridized carbons (Fsp3) is 0.444. The van der Waals surface area contributed by atoms with Crippen molar-refractivity contribution < 1.29 is 28.8 Å². The molecule has 0 radical (unpaired) electrons. The number of anilines is 2. The number of hydrogen-bond donors (Lipinski definition) is 3. The molecular weight excluding hydrogens is 749 g/mol. The van der Waals surface area contributed by atoms with Crippen molar-refractivity contribution in [1.82, 2.24) is 30.0 Å². The van der Waals surface area contributed by atoms with Crippen molar-refractivity contribution in [3.63, 3.8) is 0 Å². The molecule has 1 unspecified atom stereocenters. The topological polar surface area (TPSA) is 168 Å². The maximum atomic E-state index is 13.6. The number of imidazole rings is 1. The average molecular weight is 799 g/mol. The molecule has 9 rings (SSSR count). The Labute approximate surface area is 342 Å². The van der Waals surface area contributed by atoms with Gasteiger partial charge in [-0.3, -0.25) is 43.9 Å². The molecule has 59 heavy (non-hydrogen) atoms. The van der Waals surface area contributed by atoms with Crippen molar-refractivity contribution in [2.24, 2.45) is 5.92 Å². The van der Waals surface area contributed by atoms with Gasteiger partial charge in [-0.15, -0.1) is 0 Å². The van der Waals surface area contributed by atoms with E-state index in [-0.39, 0.29) is 36.1 Å². The Bertz CT molecular complexity index is 2320. The number of rotatable bonds is 9. The Morgan fingerprint density at radius 2 is 1.63 bits per heavy atom. The molecule has 5 aliphatic heterocycles. The molecule has 0 aliphatic carbocycles. The number of carbonyl (C=O) groups excluding carboxylic acids is 6. The van der Waals surface area contributed by atoms with Crippen LogP contribution < -0.4 is 15.5 Å². The number of aromatic nitrogens is 2. The van der Waals surface area contributed by atoms with E-state index in [1.807, 2.05) is 53.4 Å². The zero-order valence-corrected chi connectivity index (χ0v) is 33.4. The molecule has 1 aromatic heterocycles. The molecule has 6 amide bonds. The van der Waals surface area contributed by atoms with Gasteiger partial charge in [0.25, 0.3) is 17.7 Å². The van der Waals surface area contributed by atoms with Gasteiger partial charge in [0.1, 0.15) is 11.9 Å². The Balaban J connectivity index is 0.738. The van der Waals surface area contributed by atoms with Crippen LogP contribution in [0, 0.1) is 5.92 Å². The van der Waals surface area contributed by atoms with E-state index in [1.165, 1.54) is 18.4 Å². The smallest absolute Gasteiger partial charge is 0.264 e. The molecule has 4 saturated heterocycles. The summed E-state index contributed by atoms with van der Waals surface area (Å²) in [6.07, 6.45) is 6.38. The SMILES string of the molecule is C[C@H]1CCCN1Cc1nc2cc(NC(=O)c3ccc(C4CCN(C(=O)CC5CCN(c6cccc7c6C(=O)N(C6CCC(=O)NC6=O)C7=O)CC5)CC4)cc3)ccc2[nH]1. The lowest BCUT2D eigenvalue weighted by molar-refractivity contribution is -0.136. The minimum atomic E-state index is -1.01. The maximum absolute atomic E-state index is 13.6. The van der Waals surface area contributed by atoms with Crippen LogP contribution in [0.2, 0.25) is 0 Å². The largest absolute Gasteiger partial charge is 0.371 e. The van der Waals surface area contributed by atoms with Gasteiger partial charge in [-0.25, -0.2) is 4.98 Å². The molecule has 0 saturated carbocycles. The molecule has 0 spiro atoms. The van der Waals surface area contributed by atoms with E-state index in [0.29, 0.717) is 67.1 Å². The number of amides is 6. The highest BCUT2D eigenvalue weighted by Gasteiger charge is 2.46. The average Bonchev–Trinajstić information content (AvgIpc) is 3.92. The van der Waals surface area contributed by atoms with Crippen LogP contribution in [0.1, 0.15) is 113 Å². The fourth-order valence-electron chi connectivity index (χ4n) is 9.72. The van der Waals surface area contributed by atoms with Gasteiger partial charge >= 0.3 is 0 Å². The number of benzene rings is 3. The van der Waals surface area contributed by atoms with E-state index < -0.39 is 29.7 Å². The lowest BCUT2D eigenvalue weighted by Gasteiger charge is -2.36. The van der Waals surface area contributed by atoms with Crippen molar-refractivity contribution in [3.05, 3.63) is 88.7 Å². The fourth-order valence-corrected chi connectivity index (χ4v) is 9.72. The highest BCUT2D eigenvalue weighted by molar-refractivity contribution is 6.25. The van der Waals surface area contributed by atoms with E-state index >= 15 is 0 Å². The molecule has 14 nitrogen and oxygen atoms in total. The molecule has 2 atom stereocenters. The Hall–Kier alpha value is -5.89. The molecular formula is C45H50N8O6. The molecule has 5 aliphatic rings. The standard InChI is InChI=1S/C45H50N8O6/c1-27-4-3-19-52(27)26-38-47-34-12-11-32(25-35(34)48-38)46-42(56)31-9-7-29(8-10-31)30-17-22-51(23-18-30)40(55)24-28-15-20-50(21-16-28)36-6-2-5-33-41(36)45(59)53(44(33)58)37-13-14-39(54)49-43(37)57/h2,5-12,25,27-28,30,37H,3-4,13-24,26H2,1H3,(H,46,56)(H,47,48)(H,49,54,57)/t27-,37?/m0/s1. The van der Waals surface area contributed by atoms with Crippen LogP contribution in [-0.2, 0) is 20.9 Å². The van der Waals surface area contributed by atoms with E-state index in [0.717, 1.165) is 60.5 Å². The van der Waals surface area contributed by atoms with Gasteiger partial charge < -0.3 is 20.1 Å². The van der Waals surface area contributed by atoms with Crippen LogP contribution in [0.3, 0.4) is 0 Å². The molecule has 14 heteroatoms. The van der Waals surface area contributed by atoms with Crippen LogP contribution in [0.15, 0.2) is 60.7 Å². The first-order chi connectivity index (χ1) is 28.6. The molecule has 4 aromatic rings. The second-order valence-electron chi connectivity index (χ2n) is 16.9. The number of imide groups is 2. The third-order valence-electron chi connectivity index (χ3n) is 13.2. The predicted molar refractivity (Wildman–Crippen MR) is 221 cm³/mol. The monoisotopic (exact) mass is 798 g/mol. The number of H-pyrrole nitrogens is 1. The van der Waals surface area contributed by atoms with Crippen LogP contribution in [0.25, 0.3) is 11.0 Å². The van der Waals surface area contributed by atoms with Crippen LogP contribution in [-0.4, -0.2) is 105 Å². The van der Waals surface area contributed by atoms with Gasteiger partial charge in [0.2, 0.25) is 17.7 Å². The summed E-state index contributed by atoms with van der Waals surface area (Å²) in [6, 6.07) is 18.4. The maximum Gasteiger partial charge on any atom is 0.264 e. The second-order valence-corrected chi connectivity index (χ2v) is 16.9. The molecule has 4 fully saturated rings. The van der Waals surface area contributed by atoms with E-state index in [2.05, 4.69) is 32.3 Å². The normalized spacial score (nSPS) is 22.0. The summed E-state index contributed by atoms with van der Waals surface area (Å²) in [5, 5.41) is 5.28. The third kappa shape index (κ3) is 7.73. The van der Waals surface area contributed by atoms with Crippen molar-refractivity contribution in [2.75, 3.05) is 42.9 Å². The molecule has 3 N–H and O–H groups in total. The number of likely N-dealkylation sites (tertiary alicyclic amines) is 2. The number of piperidine rings is 3. The zero-order valence-electron chi connectivity index (χ0n) is 33.4. The molecule has 306 valence electrons. The van der Waals surface area contributed by atoms with E-state index in [1.54, 1.807) is 12.1 Å². The number of aromatic amines is 1. The van der Waals surface area contributed by atoms with Crippen molar-refractivity contribution in [3.8, 4) is 0 Å². The lowest BCUT2D eigenvalue weighted by Crippen LogP contribution is -2.54.